The van der Waals surface area contributed by atoms with Gasteiger partial charge in [0.15, 0.2) is 0 Å². The van der Waals surface area contributed by atoms with Crippen molar-refractivity contribution in [2.45, 2.75) is 0 Å². The number of fused-ring (bicyclic) bond motifs is 1. The Balaban J connectivity index is 1.81. The van der Waals surface area contributed by atoms with Crippen molar-refractivity contribution < 1.29 is 9.59 Å². The molecule has 0 saturated heterocycles. The Morgan fingerprint density at radius 1 is 0.913 bits per heavy atom. The number of hydrogen-bond donors (Lipinski definition) is 0. The Morgan fingerprint density at radius 2 is 1.70 bits per heavy atom. The summed E-state index contributed by atoms with van der Waals surface area (Å²) in [6.07, 6.45) is 1.58. The van der Waals surface area contributed by atoms with E-state index in [0.717, 1.165) is 10.4 Å². The second-order valence-corrected chi connectivity index (χ2v) is 6.08. The summed E-state index contributed by atoms with van der Waals surface area (Å²) in [6, 6.07) is 16.6. The normalized spacial score (nSPS) is 13.7. The molecule has 0 fully saturated rings. The van der Waals surface area contributed by atoms with Crippen LogP contribution in [0.2, 0.25) is 0 Å². The molecule has 0 unspecified atom stereocenters. The van der Waals surface area contributed by atoms with Crippen LogP contribution in [0.1, 0.15) is 25.7 Å². The lowest BCUT2D eigenvalue weighted by atomic mass is 10.0. The number of aliphatic imine (C=N–C) groups is 1. The zero-order valence-electron chi connectivity index (χ0n) is 11.9. The summed E-state index contributed by atoms with van der Waals surface area (Å²) in [4.78, 5) is 34.4. The molecule has 0 saturated carbocycles. The lowest BCUT2D eigenvalue weighted by Crippen LogP contribution is -2.24. The zero-order chi connectivity index (χ0) is 15.8. The standard InChI is InChI=1S/C18H10N2O2S/c21-16-15(13-8-4-5-9-19-13)20-18(22)12-10-14(23-17(12)16)11-6-2-1-3-7-11/h1-10H. The van der Waals surface area contributed by atoms with Crippen molar-refractivity contribution in [1.29, 1.82) is 0 Å². The summed E-state index contributed by atoms with van der Waals surface area (Å²) in [7, 11) is 0. The van der Waals surface area contributed by atoms with Crippen LogP contribution in [0.4, 0.5) is 0 Å². The zero-order valence-corrected chi connectivity index (χ0v) is 12.7. The third-order valence-corrected chi connectivity index (χ3v) is 4.75. The van der Waals surface area contributed by atoms with Gasteiger partial charge in [0.05, 0.1) is 16.1 Å². The molecule has 0 N–H and O–H groups in total. The molecule has 1 aliphatic heterocycles. The van der Waals surface area contributed by atoms with Crippen molar-refractivity contribution in [2.24, 2.45) is 4.99 Å². The van der Waals surface area contributed by atoms with Gasteiger partial charge in [-0.25, -0.2) is 4.99 Å². The molecule has 0 spiro atoms. The van der Waals surface area contributed by atoms with E-state index < -0.39 is 5.91 Å². The Kier molecular flexibility index (Phi) is 3.20. The second-order valence-electron chi connectivity index (χ2n) is 5.03. The predicted molar refractivity (Wildman–Crippen MR) is 89.2 cm³/mol. The molecule has 1 aliphatic rings. The van der Waals surface area contributed by atoms with E-state index in [-0.39, 0.29) is 11.5 Å². The van der Waals surface area contributed by atoms with Crippen molar-refractivity contribution >= 4 is 28.7 Å². The van der Waals surface area contributed by atoms with Gasteiger partial charge in [-0.2, -0.15) is 0 Å². The highest BCUT2D eigenvalue weighted by molar-refractivity contribution is 7.18. The molecule has 3 heterocycles. The van der Waals surface area contributed by atoms with Crippen LogP contribution in [-0.4, -0.2) is 22.4 Å². The first kappa shape index (κ1) is 13.7. The molecular weight excluding hydrogens is 308 g/mol. The first-order valence-corrected chi connectivity index (χ1v) is 7.84. The van der Waals surface area contributed by atoms with Crippen molar-refractivity contribution in [3.8, 4) is 10.4 Å². The molecule has 3 aromatic rings. The molecule has 110 valence electrons. The average molecular weight is 318 g/mol. The van der Waals surface area contributed by atoms with E-state index in [4.69, 9.17) is 0 Å². The summed E-state index contributed by atoms with van der Waals surface area (Å²) in [6.45, 7) is 0. The molecule has 2 aromatic heterocycles. The Labute approximate surface area is 136 Å². The van der Waals surface area contributed by atoms with Gasteiger partial charge in [-0.05, 0) is 23.8 Å². The molecule has 0 bridgehead atoms. The molecule has 4 rings (SSSR count). The maximum atomic E-state index is 12.7. The molecule has 0 atom stereocenters. The number of hydrogen-bond acceptors (Lipinski definition) is 4. The van der Waals surface area contributed by atoms with Gasteiger partial charge in [-0.15, -0.1) is 11.3 Å². The van der Waals surface area contributed by atoms with Crippen LogP contribution < -0.4 is 0 Å². The topological polar surface area (TPSA) is 59.4 Å². The number of amides is 1. The lowest BCUT2D eigenvalue weighted by molar-refractivity contribution is 0.0976. The van der Waals surface area contributed by atoms with Crippen LogP contribution in [0.3, 0.4) is 0 Å². The summed E-state index contributed by atoms with van der Waals surface area (Å²) in [5.74, 6) is -0.635. The van der Waals surface area contributed by atoms with E-state index in [1.807, 2.05) is 30.3 Å². The average Bonchev–Trinajstić information content (AvgIpc) is 3.06. The van der Waals surface area contributed by atoms with Crippen LogP contribution in [0.25, 0.3) is 10.4 Å². The summed E-state index contributed by atoms with van der Waals surface area (Å²) < 4.78 is 0. The first-order valence-electron chi connectivity index (χ1n) is 7.02. The van der Waals surface area contributed by atoms with Crippen LogP contribution in [0.5, 0.6) is 0 Å². The maximum Gasteiger partial charge on any atom is 0.279 e. The van der Waals surface area contributed by atoms with E-state index in [9.17, 15) is 9.59 Å². The van der Waals surface area contributed by atoms with E-state index in [0.29, 0.717) is 16.1 Å². The number of nitrogens with zero attached hydrogens (tertiary/aromatic N) is 2. The number of thiophene rings is 1. The van der Waals surface area contributed by atoms with Gasteiger partial charge >= 0.3 is 0 Å². The molecule has 23 heavy (non-hydrogen) atoms. The number of rotatable bonds is 2. The van der Waals surface area contributed by atoms with Crippen LogP contribution in [0, 0.1) is 0 Å². The van der Waals surface area contributed by atoms with E-state index in [1.165, 1.54) is 11.3 Å². The highest BCUT2D eigenvalue weighted by atomic mass is 32.1. The fourth-order valence-corrected chi connectivity index (χ4v) is 3.56. The van der Waals surface area contributed by atoms with Gasteiger partial charge in [0.1, 0.15) is 5.71 Å². The van der Waals surface area contributed by atoms with Gasteiger partial charge in [0.2, 0.25) is 5.78 Å². The van der Waals surface area contributed by atoms with Crippen molar-refractivity contribution in [1.82, 2.24) is 4.98 Å². The number of carbonyl (C=O) groups excluding carboxylic acids is 2. The third-order valence-electron chi connectivity index (χ3n) is 3.56. The number of carbonyl (C=O) groups is 2. The van der Waals surface area contributed by atoms with Gasteiger partial charge in [0, 0.05) is 11.1 Å². The highest BCUT2D eigenvalue weighted by Gasteiger charge is 2.31. The van der Waals surface area contributed by atoms with E-state index >= 15 is 0 Å². The van der Waals surface area contributed by atoms with Gasteiger partial charge in [0.25, 0.3) is 5.91 Å². The summed E-state index contributed by atoms with van der Waals surface area (Å²) in [5, 5.41) is 0. The first-order chi connectivity index (χ1) is 11.2. The summed E-state index contributed by atoms with van der Waals surface area (Å²) in [5.41, 5.74) is 1.89. The molecule has 1 aromatic carbocycles. The summed E-state index contributed by atoms with van der Waals surface area (Å²) >= 11 is 1.32. The monoisotopic (exact) mass is 318 g/mol. The Hall–Kier alpha value is -2.92. The number of ketones is 1. The lowest BCUT2D eigenvalue weighted by Gasteiger charge is -2.09. The van der Waals surface area contributed by atoms with Crippen LogP contribution >= 0.6 is 11.3 Å². The van der Waals surface area contributed by atoms with Gasteiger partial charge in [-0.1, -0.05) is 36.4 Å². The van der Waals surface area contributed by atoms with Crippen molar-refractivity contribution in [3.63, 3.8) is 0 Å². The molecule has 1 amide bonds. The number of pyridine rings is 1. The number of Topliss-reactive ketones (excluding diaryl/α,β-unsaturated/α-hetero) is 1. The molecular formula is C18H10N2O2S. The maximum absolute atomic E-state index is 12.7. The highest BCUT2D eigenvalue weighted by Crippen LogP contribution is 2.34. The Bertz CT molecular complexity index is 944. The van der Waals surface area contributed by atoms with Crippen molar-refractivity contribution in [3.05, 3.63) is 76.9 Å². The minimum Gasteiger partial charge on any atom is -0.286 e. The predicted octanol–water partition coefficient (Wildman–Crippen LogP) is 3.64. The fourth-order valence-electron chi connectivity index (χ4n) is 2.46. The second kappa shape index (κ2) is 5.37. The fraction of sp³-hybridized carbons (Fsp3) is 0. The van der Waals surface area contributed by atoms with Crippen LogP contribution in [-0.2, 0) is 0 Å². The van der Waals surface area contributed by atoms with Crippen molar-refractivity contribution in [2.75, 3.05) is 0 Å². The van der Waals surface area contributed by atoms with E-state index in [1.54, 1.807) is 30.5 Å². The smallest absolute Gasteiger partial charge is 0.279 e. The third kappa shape index (κ3) is 2.31. The SMILES string of the molecule is O=C1N=C(c2ccccn2)C(=O)c2sc(-c3ccccc3)cc21. The molecule has 5 heteroatoms. The minimum atomic E-state index is -0.390. The van der Waals surface area contributed by atoms with Gasteiger partial charge < -0.3 is 0 Å². The number of aromatic nitrogens is 1. The number of benzene rings is 1. The van der Waals surface area contributed by atoms with E-state index in [2.05, 4.69) is 9.98 Å². The minimum absolute atomic E-state index is 0.115. The Morgan fingerprint density at radius 3 is 2.43 bits per heavy atom. The van der Waals surface area contributed by atoms with Gasteiger partial charge in [-0.3, -0.25) is 14.6 Å². The van der Waals surface area contributed by atoms with Crippen LogP contribution in [0.15, 0.2) is 65.8 Å². The quantitative estimate of drug-likeness (QED) is 0.725. The molecule has 0 radical (unpaired) electrons. The largest absolute Gasteiger partial charge is 0.286 e. The molecule has 4 nitrogen and oxygen atoms in total. The molecule has 0 aliphatic carbocycles.